The molecule has 0 aliphatic heterocycles. The number of rotatable bonds is 8. The summed E-state index contributed by atoms with van der Waals surface area (Å²) in [6.45, 7) is 4.16. The highest BCUT2D eigenvalue weighted by molar-refractivity contribution is 6.42. The van der Waals surface area contributed by atoms with Crippen LogP contribution in [0.3, 0.4) is 0 Å². The smallest absolute Gasteiger partial charge is 0.322 e. The van der Waals surface area contributed by atoms with Gasteiger partial charge in [-0.15, -0.1) is 0 Å². The molecule has 0 aliphatic carbocycles. The number of hydrogen-bond acceptors (Lipinski definition) is 4. The molecule has 1 aromatic heterocycles. The first-order chi connectivity index (χ1) is 17.7. The van der Waals surface area contributed by atoms with Crippen LogP contribution in [0, 0.1) is 0 Å². The van der Waals surface area contributed by atoms with Crippen LogP contribution in [0.2, 0.25) is 10.0 Å². The van der Waals surface area contributed by atoms with E-state index >= 15 is 0 Å². The number of urea groups is 1. The Balaban J connectivity index is 1.33. The van der Waals surface area contributed by atoms with E-state index < -0.39 is 6.10 Å². The molecule has 37 heavy (non-hydrogen) atoms. The van der Waals surface area contributed by atoms with Gasteiger partial charge < -0.3 is 25.6 Å². The first kappa shape index (κ1) is 26.5. The van der Waals surface area contributed by atoms with Crippen molar-refractivity contribution < 1.29 is 14.7 Å². The third-order valence-corrected chi connectivity index (χ3v) is 6.66. The standard InChI is InChI=1S/C27H27Cl2N5O3/c1-16(2)34(14-25(35)18-5-9-21(28)22(29)11-18)27(37)33-20-7-3-17(4-8-20)13-30-26(36)19-6-10-23-24(12-19)32-15-31-23/h3-12,15-16,25,35H,13-14H2,1-2H3,(H,30,36)(H,31,32)(H,33,37). The number of benzene rings is 3. The number of halogens is 2. The molecular formula is C27H27Cl2N5O3. The average Bonchev–Trinajstić information content (AvgIpc) is 3.36. The SMILES string of the molecule is CC(C)N(CC(O)c1ccc(Cl)c(Cl)c1)C(=O)Nc1ccc(CNC(=O)c2ccc3nc[nH]c3c2)cc1. The highest BCUT2D eigenvalue weighted by Crippen LogP contribution is 2.26. The molecule has 0 saturated carbocycles. The molecule has 0 bridgehead atoms. The molecule has 192 valence electrons. The highest BCUT2D eigenvalue weighted by atomic mass is 35.5. The van der Waals surface area contributed by atoms with Crippen molar-refractivity contribution in [1.29, 1.82) is 0 Å². The first-order valence-electron chi connectivity index (χ1n) is 11.7. The molecule has 10 heteroatoms. The van der Waals surface area contributed by atoms with E-state index in [4.69, 9.17) is 23.2 Å². The third kappa shape index (κ3) is 6.60. The Morgan fingerprint density at radius 3 is 2.49 bits per heavy atom. The lowest BCUT2D eigenvalue weighted by Gasteiger charge is -2.29. The van der Waals surface area contributed by atoms with Crippen molar-refractivity contribution in [2.24, 2.45) is 0 Å². The number of nitrogens with one attached hydrogen (secondary N) is 3. The molecule has 1 heterocycles. The van der Waals surface area contributed by atoms with Crippen molar-refractivity contribution in [3.63, 3.8) is 0 Å². The zero-order valence-corrected chi connectivity index (χ0v) is 21.8. The van der Waals surface area contributed by atoms with E-state index in [9.17, 15) is 14.7 Å². The van der Waals surface area contributed by atoms with Gasteiger partial charge >= 0.3 is 6.03 Å². The number of carbonyl (C=O) groups is 2. The van der Waals surface area contributed by atoms with E-state index in [-0.39, 0.29) is 24.5 Å². The fourth-order valence-corrected chi connectivity index (χ4v) is 4.11. The van der Waals surface area contributed by atoms with Crippen molar-refractivity contribution in [2.45, 2.75) is 32.5 Å². The van der Waals surface area contributed by atoms with Crippen LogP contribution in [-0.2, 0) is 6.54 Å². The predicted molar refractivity (Wildman–Crippen MR) is 146 cm³/mol. The van der Waals surface area contributed by atoms with E-state index in [1.807, 2.05) is 26.0 Å². The number of hydrogen-bond donors (Lipinski definition) is 4. The molecule has 0 radical (unpaired) electrons. The number of nitrogens with zero attached hydrogens (tertiary/aromatic N) is 2. The zero-order chi connectivity index (χ0) is 26.5. The Kier molecular flexibility index (Phi) is 8.33. The maximum atomic E-state index is 13.0. The number of anilines is 1. The number of amides is 3. The summed E-state index contributed by atoms with van der Waals surface area (Å²) in [5.74, 6) is -0.193. The van der Waals surface area contributed by atoms with Crippen molar-refractivity contribution in [1.82, 2.24) is 20.2 Å². The normalized spacial score (nSPS) is 11.9. The van der Waals surface area contributed by atoms with Crippen LogP contribution in [0.25, 0.3) is 11.0 Å². The summed E-state index contributed by atoms with van der Waals surface area (Å²) < 4.78 is 0. The molecular weight excluding hydrogens is 513 g/mol. The number of H-pyrrole nitrogens is 1. The second-order valence-electron chi connectivity index (χ2n) is 8.88. The first-order valence-corrected chi connectivity index (χ1v) is 12.5. The molecule has 0 spiro atoms. The van der Waals surface area contributed by atoms with Gasteiger partial charge in [0.2, 0.25) is 0 Å². The summed E-state index contributed by atoms with van der Waals surface area (Å²) >= 11 is 12.0. The lowest BCUT2D eigenvalue weighted by molar-refractivity contribution is 0.0951. The van der Waals surface area contributed by atoms with E-state index in [1.54, 1.807) is 54.9 Å². The van der Waals surface area contributed by atoms with Crippen LogP contribution in [0.5, 0.6) is 0 Å². The molecule has 4 N–H and O–H groups in total. The summed E-state index contributed by atoms with van der Waals surface area (Å²) in [7, 11) is 0. The van der Waals surface area contributed by atoms with Gasteiger partial charge in [0.15, 0.2) is 0 Å². The van der Waals surface area contributed by atoms with E-state index in [1.165, 1.54) is 4.90 Å². The molecule has 1 unspecified atom stereocenters. The quantitative estimate of drug-likeness (QED) is 0.227. The number of aromatic nitrogens is 2. The van der Waals surface area contributed by atoms with Gasteiger partial charge in [-0.05, 0) is 67.4 Å². The summed E-state index contributed by atoms with van der Waals surface area (Å²) in [4.78, 5) is 34.2. The van der Waals surface area contributed by atoms with Crippen molar-refractivity contribution >= 4 is 51.9 Å². The number of aromatic amines is 1. The molecule has 8 nitrogen and oxygen atoms in total. The topological polar surface area (TPSA) is 110 Å². The minimum Gasteiger partial charge on any atom is -0.387 e. The van der Waals surface area contributed by atoms with Gasteiger partial charge in [0, 0.05) is 23.8 Å². The number of aliphatic hydroxyl groups is 1. The van der Waals surface area contributed by atoms with Gasteiger partial charge in [0.1, 0.15) is 0 Å². The van der Waals surface area contributed by atoms with Crippen LogP contribution >= 0.6 is 23.2 Å². The minimum atomic E-state index is -0.928. The molecule has 0 aliphatic rings. The lowest BCUT2D eigenvalue weighted by Crippen LogP contribution is -2.42. The number of fused-ring (bicyclic) bond motifs is 1. The zero-order valence-electron chi connectivity index (χ0n) is 20.3. The minimum absolute atomic E-state index is 0.0793. The molecule has 3 amide bonds. The summed E-state index contributed by atoms with van der Waals surface area (Å²) in [6, 6.07) is 16.9. The number of imidazole rings is 1. The van der Waals surface area contributed by atoms with Crippen molar-refractivity contribution in [3.05, 3.63) is 93.7 Å². The van der Waals surface area contributed by atoms with Crippen LogP contribution in [0.15, 0.2) is 67.0 Å². The Morgan fingerprint density at radius 1 is 1.03 bits per heavy atom. The fourth-order valence-electron chi connectivity index (χ4n) is 3.80. The van der Waals surface area contributed by atoms with E-state index in [0.717, 1.165) is 16.6 Å². The Bertz CT molecular complexity index is 1400. The molecule has 3 aromatic carbocycles. The van der Waals surface area contributed by atoms with E-state index in [2.05, 4.69) is 20.6 Å². The molecule has 4 aromatic rings. The summed E-state index contributed by atoms with van der Waals surface area (Å²) in [5.41, 5.74) is 4.19. The third-order valence-electron chi connectivity index (χ3n) is 5.92. The molecule has 0 saturated heterocycles. The monoisotopic (exact) mass is 539 g/mol. The largest absolute Gasteiger partial charge is 0.387 e. The Hall–Kier alpha value is -3.59. The number of aliphatic hydroxyl groups excluding tert-OH is 1. The van der Waals surface area contributed by atoms with Gasteiger partial charge in [-0.2, -0.15) is 0 Å². The van der Waals surface area contributed by atoms with Crippen LogP contribution in [0.4, 0.5) is 10.5 Å². The van der Waals surface area contributed by atoms with Gasteiger partial charge in [-0.3, -0.25) is 4.79 Å². The number of carbonyl (C=O) groups excluding carboxylic acids is 2. The van der Waals surface area contributed by atoms with E-state index in [0.29, 0.717) is 33.4 Å². The lowest BCUT2D eigenvalue weighted by atomic mass is 10.1. The fraction of sp³-hybridized carbons (Fsp3) is 0.222. The maximum absolute atomic E-state index is 13.0. The maximum Gasteiger partial charge on any atom is 0.322 e. The van der Waals surface area contributed by atoms with Crippen molar-refractivity contribution in [2.75, 3.05) is 11.9 Å². The predicted octanol–water partition coefficient (Wildman–Crippen LogP) is 5.78. The van der Waals surface area contributed by atoms with Crippen LogP contribution in [-0.4, -0.2) is 44.5 Å². The average molecular weight is 540 g/mol. The van der Waals surface area contributed by atoms with Gasteiger partial charge in [-0.1, -0.05) is 41.4 Å². The summed E-state index contributed by atoms with van der Waals surface area (Å²) in [5, 5.41) is 17.2. The highest BCUT2D eigenvalue weighted by Gasteiger charge is 2.22. The Morgan fingerprint density at radius 2 is 1.78 bits per heavy atom. The van der Waals surface area contributed by atoms with Gasteiger partial charge in [0.05, 0.1) is 40.1 Å². The van der Waals surface area contributed by atoms with Gasteiger partial charge in [0.25, 0.3) is 5.91 Å². The molecule has 1 atom stereocenters. The second kappa shape index (κ2) is 11.6. The van der Waals surface area contributed by atoms with Crippen LogP contribution < -0.4 is 10.6 Å². The Labute approximate surface area is 224 Å². The molecule has 4 rings (SSSR count). The second-order valence-corrected chi connectivity index (χ2v) is 9.69. The van der Waals surface area contributed by atoms with Crippen LogP contribution in [0.1, 0.15) is 41.4 Å². The summed E-state index contributed by atoms with van der Waals surface area (Å²) in [6.07, 6.45) is 0.660. The van der Waals surface area contributed by atoms with Crippen molar-refractivity contribution in [3.8, 4) is 0 Å². The molecule has 0 fully saturated rings. The van der Waals surface area contributed by atoms with Gasteiger partial charge in [-0.25, -0.2) is 9.78 Å².